The van der Waals surface area contributed by atoms with Gasteiger partial charge in [0.25, 0.3) is 0 Å². The Morgan fingerprint density at radius 2 is 0.639 bits per heavy atom. The molecule has 9 nitrogen and oxygen atoms in total. The fourth-order valence-corrected chi connectivity index (χ4v) is 17.0. The standard InChI is InChI=1S/C22H21N2.2C21H19N2.3C19H16N.3Ir/c1-15(2)14-24-21-10-5-4-7-17(21)18-8-6-9-19(22(18)24)20-13-16(3)11-12-23-20;1-15(2)14-23-20-9-4-3-7-17(20)18-13-16(10-11-21(18)23)19-8-5-6-12-22-19;1-15(2)14-23-20-9-4-3-7-17(20)18-11-10-16(13-21(18)23)19-8-5-6-12-22-19;3*1-2-15-13-19(17-11-7-4-8-12-17)20-14-18(15)16-9-5-3-6-10-16;;;/h4-8,10-13,15H,14H2,1-3H3;2*3-9,11-13,15H,14H2,1-2H3;3*3-11,13-14H,2H2,1H3;;;/q6*-1;;;. The van der Waals surface area contributed by atoms with E-state index in [0.717, 1.165) is 106 Å². The number of fused-ring (bicyclic) bond motifs is 9. The van der Waals surface area contributed by atoms with Crippen LogP contribution < -0.4 is 0 Å². The van der Waals surface area contributed by atoms with Crippen LogP contribution in [0.1, 0.15) is 84.6 Å². The summed E-state index contributed by atoms with van der Waals surface area (Å²) in [7, 11) is 0. The van der Waals surface area contributed by atoms with Crippen LogP contribution in [0.5, 0.6) is 0 Å². The molecule has 21 aromatic rings. The summed E-state index contributed by atoms with van der Waals surface area (Å²) in [6.45, 7) is 25.2. The molecule has 9 aromatic heterocycles. The van der Waals surface area contributed by atoms with Crippen molar-refractivity contribution in [3.8, 4) is 101 Å². The van der Waals surface area contributed by atoms with Crippen LogP contribution in [0.4, 0.5) is 0 Å². The average Bonchev–Trinajstić information content (AvgIpc) is 1.60. The van der Waals surface area contributed by atoms with E-state index in [0.29, 0.717) is 17.8 Å². The topological polar surface area (TPSA) is 92.1 Å². The van der Waals surface area contributed by atoms with Crippen LogP contribution in [0.15, 0.2) is 377 Å². The Morgan fingerprint density at radius 1 is 0.263 bits per heavy atom. The van der Waals surface area contributed by atoms with Crippen molar-refractivity contribution in [2.45, 2.75) is 108 Å². The number of aromatic nitrogens is 9. The first-order chi connectivity index (χ1) is 63.8. The van der Waals surface area contributed by atoms with Gasteiger partial charge in [-0.05, 0) is 181 Å². The van der Waals surface area contributed by atoms with Gasteiger partial charge >= 0.3 is 0 Å². The fraction of sp³-hybridized carbons (Fsp3) is 0.157. The number of hydrogen-bond acceptors (Lipinski definition) is 6. The van der Waals surface area contributed by atoms with Crippen LogP contribution in [0.2, 0.25) is 0 Å². The summed E-state index contributed by atoms with van der Waals surface area (Å²) in [5.41, 5.74) is 32.3. The van der Waals surface area contributed by atoms with Gasteiger partial charge in [0.05, 0.1) is 0 Å². The molecular weight excluding hydrogens is 2160 g/mol. The molecule has 0 atom stereocenters. The number of nitrogens with zero attached hydrogens (tertiary/aromatic N) is 9. The van der Waals surface area contributed by atoms with Gasteiger partial charge in [-0.3, -0.25) is 0 Å². The Morgan fingerprint density at radius 3 is 1.05 bits per heavy atom. The summed E-state index contributed by atoms with van der Waals surface area (Å²) in [6, 6.07) is 137. The molecule has 0 aliphatic rings. The van der Waals surface area contributed by atoms with Gasteiger partial charge in [-0.25, -0.2) is 0 Å². The molecule has 12 heteroatoms. The molecule has 0 N–H and O–H groups in total. The zero-order valence-corrected chi connectivity index (χ0v) is 84.0. The third-order valence-electron chi connectivity index (χ3n) is 23.2. The normalized spacial score (nSPS) is 10.8. The predicted molar refractivity (Wildman–Crippen MR) is 544 cm³/mol. The summed E-state index contributed by atoms with van der Waals surface area (Å²) >= 11 is 0. The van der Waals surface area contributed by atoms with E-state index in [9.17, 15) is 0 Å². The van der Waals surface area contributed by atoms with Crippen molar-refractivity contribution in [1.82, 2.24) is 43.6 Å². The first-order valence-corrected chi connectivity index (χ1v) is 45.3. The van der Waals surface area contributed by atoms with Crippen molar-refractivity contribution in [2.75, 3.05) is 0 Å². The van der Waals surface area contributed by atoms with Crippen LogP contribution in [-0.2, 0) is 99.2 Å². The van der Waals surface area contributed by atoms with Crippen molar-refractivity contribution in [3.63, 3.8) is 0 Å². The van der Waals surface area contributed by atoms with Gasteiger partial charge < -0.3 is 43.6 Å². The fourth-order valence-electron chi connectivity index (χ4n) is 17.0. The monoisotopic (exact) mass is 2260 g/mol. The number of rotatable bonds is 18. The van der Waals surface area contributed by atoms with E-state index in [1.54, 1.807) is 0 Å². The van der Waals surface area contributed by atoms with Gasteiger partial charge in [0.2, 0.25) is 0 Å². The summed E-state index contributed by atoms with van der Waals surface area (Å²) in [4.78, 5) is 27.3. The molecule has 133 heavy (non-hydrogen) atoms. The molecule has 0 aliphatic heterocycles. The molecule has 0 saturated heterocycles. The molecule has 0 amide bonds. The van der Waals surface area contributed by atoms with Gasteiger partial charge in [0.1, 0.15) is 0 Å². The SMILES string of the molecule is CC(C)Cn1c2c[c-]c(-c3ccccn3)cc2c2ccccc21.CC(C)Cn1c2ccccc2c2c[c-]c(-c3ccccn3)cc21.CCc1cc(-c2[c-]cccc2)ncc1-c1ccccc1.CCc1cc(-c2[c-]cccc2)ncc1-c1ccccc1.CCc1cc(-c2[c-]cccc2)ncc1-c1ccccc1.Cc1ccnc(-c2[c-]ccc3c4ccccc4n(CC(C)C)c23)c1.[Ir].[Ir].[Ir]. The Labute approximate surface area is 824 Å². The van der Waals surface area contributed by atoms with Crippen LogP contribution >= 0.6 is 0 Å². The molecule has 21 rings (SSSR count). The van der Waals surface area contributed by atoms with E-state index in [4.69, 9.17) is 0 Å². The van der Waals surface area contributed by atoms with Gasteiger partial charge in [-0.2, -0.15) is 0 Å². The van der Waals surface area contributed by atoms with E-state index >= 15 is 0 Å². The minimum atomic E-state index is 0. The summed E-state index contributed by atoms with van der Waals surface area (Å²) in [5.74, 6) is 1.77. The molecule has 3 radical (unpaired) electrons. The minimum Gasteiger partial charge on any atom is -0.380 e. The molecule has 0 spiro atoms. The second-order valence-electron chi connectivity index (χ2n) is 33.8. The Balaban J connectivity index is 0.000000135. The summed E-state index contributed by atoms with van der Waals surface area (Å²) in [5, 5.41) is 7.72. The number of para-hydroxylation sites is 3. The van der Waals surface area contributed by atoms with Gasteiger partial charge in [0, 0.05) is 150 Å². The van der Waals surface area contributed by atoms with E-state index in [1.165, 1.54) is 121 Å². The van der Waals surface area contributed by atoms with Crippen LogP contribution in [0, 0.1) is 61.1 Å². The molecule has 0 bridgehead atoms. The first kappa shape index (κ1) is 97.4. The van der Waals surface area contributed by atoms with Crippen molar-refractivity contribution >= 4 is 65.4 Å². The average molecular weight is 2260 g/mol. The van der Waals surface area contributed by atoms with Crippen molar-refractivity contribution in [2.24, 2.45) is 17.8 Å². The minimum absolute atomic E-state index is 0. The zero-order chi connectivity index (χ0) is 89.7. The molecule has 0 aliphatic carbocycles. The second-order valence-corrected chi connectivity index (χ2v) is 33.8. The molecule has 0 fully saturated rings. The van der Waals surface area contributed by atoms with Crippen LogP contribution in [0.25, 0.3) is 166 Å². The van der Waals surface area contributed by atoms with E-state index in [2.05, 4.69) is 349 Å². The van der Waals surface area contributed by atoms with E-state index in [-0.39, 0.29) is 60.3 Å². The Bertz CT molecular complexity index is 6980. The second kappa shape index (κ2) is 47.3. The van der Waals surface area contributed by atoms with Gasteiger partial charge in [-0.1, -0.05) is 278 Å². The number of pyridine rings is 6. The number of aryl methyl sites for hydroxylation is 4. The zero-order valence-electron chi connectivity index (χ0n) is 76.8. The molecule has 669 valence electrons. The smallest absolute Gasteiger partial charge is 0.0391 e. The maximum atomic E-state index is 4.61. The number of hydrogen-bond donors (Lipinski definition) is 0. The quantitative estimate of drug-likeness (QED) is 0.0795. The van der Waals surface area contributed by atoms with E-state index < -0.39 is 0 Å². The third-order valence-corrected chi connectivity index (χ3v) is 23.2. The Kier molecular flexibility index (Phi) is 34.7. The molecule has 12 aromatic carbocycles. The van der Waals surface area contributed by atoms with Gasteiger partial charge in [-0.15, -0.1) is 179 Å². The van der Waals surface area contributed by atoms with Crippen LogP contribution in [-0.4, -0.2) is 43.6 Å². The Hall–Kier alpha value is -13.1. The van der Waals surface area contributed by atoms with Crippen LogP contribution in [0.3, 0.4) is 0 Å². The number of benzene rings is 12. The summed E-state index contributed by atoms with van der Waals surface area (Å²) in [6.07, 6.45) is 14.4. The first-order valence-electron chi connectivity index (χ1n) is 45.3. The predicted octanol–water partition coefficient (Wildman–Crippen LogP) is 30.6. The maximum Gasteiger partial charge on any atom is 0.0391 e. The van der Waals surface area contributed by atoms with Crippen molar-refractivity contribution in [1.29, 1.82) is 0 Å². The third kappa shape index (κ3) is 23.5. The molecule has 0 saturated carbocycles. The van der Waals surface area contributed by atoms with Crippen molar-refractivity contribution < 1.29 is 60.3 Å². The van der Waals surface area contributed by atoms with Crippen molar-refractivity contribution in [3.05, 3.63) is 436 Å². The summed E-state index contributed by atoms with van der Waals surface area (Å²) < 4.78 is 7.27. The maximum absolute atomic E-state index is 4.61. The largest absolute Gasteiger partial charge is 0.380 e. The van der Waals surface area contributed by atoms with E-state index in [1.807, 2.05) is 177 Å². The van der Waals surface area contributed by atoms with Gasteiger partial charge in [0.15, 0.2) is 0 Å². The molecular formula is C121H107Ir3N9-6. The molecule has 9 heterocycles. The molecule has 0 unspecified atom stereocenters.